The van der Waals surface area contributed by atoms with E-state index in [4.69, 9.17) is 9.63 Å². The molecule has 0 aliphatic rings. The summed E-state index contributed by atoms with van der Waals surface area (Å²) in [5.74, 6) is 0. The molecule has 0 saturated carbocycles. The summed E-state index contributed by atoms with van der Waals surface area (Å²) in [6.45, 7) is 3.40. The van der Waals surface area contributed by atoms with E-state index in [-0.39, 0.29) is 8.81 Å². The highest BCUT2D eigenvalue weighted by Crippen LogP contribution is 1.97. The Bertz CT molecular complexity index is 28.9. The van der Waals surface area contributed by atoms with E-state index in [1.807, 2.05) is 6.92 Å². The van der Waals surface area contributed by atoms with Gasteiger partial charge in [-0.25, -0.2) is 0 Å². The zero-order valence-corrected chi connectivity index (χ0v) is 5.48. The molecule has 1 atom stereocenters. The Morgan fingerprint density at radius 1 is 1.71 bits per heavy atom. The molecule has 0 bridgehead atoms. The van der Waals surface area contributed by atoms with Crippen molar-refractivity contribution < 1.29 is 9.63 Å². The van der Waals surface area contributed by atoms with Crippen molar-refractivity contribution in [2.75, 3.05) is 19.4 Å². The average molecular weight is 122 g/mol. The molecule has 0 rings (SSSR count). The van der Waals surface area contributed by atoms with Gasteiger partial charge in [0, 0.05) is 21.6 Å². The van der Waals surface area contributed by atoms with E-state index < -0.39 is 0 Å². The molecule has 0 spiro atoms. The maximum absolute atomic E-state index is 8.24. The van der Waals surface area contributed by atoms with Crippen molar-refractivity contribution in [2.45, 2.75) is 6.92 Å². The van der Waals surface area contributed by atoms with Gasteiger partial charge in [0.25, 0.3) is 0 Å². The molecule has 0 heterocycles. The van der Waals surface area contributed by atoms with Crippen LogP contribution in [0.3, 0.4) is 0 Å². The maximum Gasteiger partial charge on any atom is 0.0524 e. The SMILES string of the molecule is CCOCCPO. The molecule has 2 nitrogen and oxygen atoms in total. The second kappa shape index (κ2) is 6.35. The first-order valence-corrected chi connectivity index (χ1v) is 3.52. The van der Waals surface area contributed by atoms with Gasteiger partial charge in [-0.05, 0) is 6.92 Å². The smallest absolute Gasteiger partial charge is 0.0524 e. The highest BCUT2D eigenvalue weighted by molar-refractivity contribution is 7.31. The second-order valence-electron chi connectivity index (χ2n) is 1.11. The van der Waals surface area contributed by atoms with Crippen molar-refractivity contribution in [3.63, 3.8) is 0 Å². The summed E-state index contributed by atoms with van der Waals surface area (Å²) in [6.07, 6.45) is 0.786. The largest absolute Gasteiger partial charge is 0.381 e. The summed E-state index contributed by atoms with van der Waals surface area (Å²) in [6, 6.07) is 0. The van der Waals surface area contributed by atoms with Crippen molar-refractivity contribution in [3.05, 3.63) is 0 Å². The third kappa shape index (κ3) is 6.35. The van der Waals surface area contributed by atoms with Gasteiger partial charge in [0.05, 0.1) is 6.61 Å². The van der Waals surface area contributed by atoms with Crippen molar-refractivity contribution in [3.8, 4) is 0 Å². The monoisotopic (exact) mass is 122 g/mol. The highest BCUT2D eigenvalue weighted by atomic mass is 31.1. The van der Waals surface area contributed by atoms with Crippen LogP contribution in [0.5, 0.6) is 0 Å². The summed E-state index contributed by atoms with van der Waals surface area (Å²) in [4.78, 5) is 8.24. The third-order valence-corrected chi connectivity index (χ3v) is 0.990. The van der Waals surface area contributed by atoms with Crippen LogP contribution in [0.2, 0.25) is 0 Å². The van der Waals surface area contributed by atoms with Crippen molar-refractivity contribution in [2.24, 2.45) is 0 Å². The van der Waals surface area contributed by atoms with Crippen LogP contribution in [0.25, 0.3) is 0 Å². The average Bonchev–Trinajstić information content (AvgIpc) is 1.69. The predicted octanol–water partition coefficient (Wildman–Crippen LogP) is 0.609. The Morgan fingerprint density at radius 2 is 2.43 bits per heavy atom. The first-order chi connectivity index (χ1) is 3.41. The zero-order chi connectivity index (χ0) is 5.54. The van der Waals surface area contributed by atoms with Crippen LogP contribution in [-0.4, -0.2) is 24.3 Å². The standard InChI is InChI=1S/C4H11O2P/c1-2-6-3-4-7-5/h5,7H,2-4H2,1H3. The van der Waals surface area contributed by atoms with Gasteiger partial charge in [0.1, 0.15) is 0 Å². The number of ether oxygens (including phenoxy) is 1. The number of rotatable bonds is 4. The molecule has 7 heavy (non-hydrogen) atoms. The minimum atomic E-state index is 0.0426. The normalized spacial score (nSPS) is 11.1. The van der Waals surface area contributed by atoms with Gasteiger partial charge in [-0.2, -0.15) is 0 Å². The fourth-order valence-corrected chi connectivity index (χ4v) is 0.498. The summed E-state index contributed by atoms with van der Waals surface area (Å²) >= 11 is 0. The Labute approximate surface area is 45.7 Å². The lowest BCUT2D eigenvalue weighted by Gasteiger charge is -1.94. The van der Waals surface area contributed by atoms with Crippen molar-refractivity contribution in [1.29, 1.82) is 0 Å². The molecule has 0 aliphatic carbocycles. The molecule has 0 radical (unpaired) electrons. The molecular formula is C4H11O2P. The van der Waals surface area contributed by atoms with Gasteiger partial charge >= 0.3 is 0 Å². The van der Waals surface area contributed by atoms with E-state index in [1.54, 1.807) is 0 Å². The Morgan fingerprint density at radius 3 is 2.86 bits per heavy atom. The minimum absolute atomic E-state index is 0.0426. The molecule has 0 amide bonds. The van der Waals surface area contributed by atoms with E-state index in [0.717, 1.165) is 12.8 Å². The predicted molar refractivity (Wildman–Crippen MR) is 31.9 cm³/mol. The van der Waals surface area contributed by atoms with Crippen LogP contribution < -0.4 is 0 Å². The van der Waals surface area contributed by atoms with Crippen LogP contribution >= 0.6 is 8.81 Å². The highest BCUT2D eigenvalue weighted by Gasteiger charge is 1.79. The molecule has 1 unspecified atom stereocenters. The van der Waals surface area contributed by atoms with Gasteiger partial charge in [-0.3, -0.25) is 0 Å². The molecule has 0 aliphatic heterocycles. The van der Waals surface area contributed by atoms with Gasteiger partial charge in [-0.15, -0.1) is 0 Å². The lowest BCUT2D eigenvalue weighted by molar-refractivity contribution is 0.163. The summed E-state index contributed by atoms with van der Waals surface area (Å²) < 4.78 is 4.92. The van der Waals surface area contributed by atoms with Crippen LogP contribution in [0.4, 0.5) is 0 Å². The van der Waals surface area contributed by atoms with Crippen LogP contribution in [0, 0.1) is 0 Å². The molecule has 0 aromatic rings. The van der Waals surface area contributed by atoms with E-state index in [0.29, 0.717) is 6.61 Å². The Kier molecular flexibility index (Phi) is 6.67. The van der Waals surface area contributed by atoms with Gasteiger partial charge in [-0.1, -0.05) is 0 Å². The lowest BCUT2D eigenvalue weighted by Crippen LogP contribution is -1.93. The molecule has 44 valence electrons. The molecule has 0 fully saturated rings. The molecule has 3 heteroatoms. The summed E-state index contributed by atoms with van der Waals surface area (Å²) in [5.41, 5.74) is 0. The minimum Gasteiger partial charge on any atom is -0.381 e. The number of hydrogen-bond acceptors (Lipinski definition) is 2. The summed E-state index contributed by atoms with van der Waals surface area (Å²) in [7, 11) is 0.0426. The lowest BCUT2D eigenvalue weighted by atomic mass is 10.8. The fraction of sp³-hybridized carbons (Fsp3) is 1.00. The molecule has 0 saturated heterocycles. The van der Waals surface area contributed by atoms with Gasteiger partial charge in [0.2, 0.25) is 0 Å². The maximum atomic E-state index is 8.24. The molecule has 0 aromatic carbocycles. The topological polar surface area (TPSA) is 29.5 Å². The van der Waals surface area contributed by atoms with E-state index in [1.165, 1.54) is 0 Å². The van der Waals surface area contributed by atoms with Crippen molar-refractivity contribution in [1.82, 2.24) is 0 Å². The van der Waals surface area contributed by atoms with Crippen LogP contribution in [0.1, 0.15) is 6.92 Å². The summed E-state index contributed by atoms with van der Waals surface area (Å²) in [5, 5.41) is 0. The van der Waals surface area contributed by atoms with Gasteiger partial charge in [0.15, 0.2) is 0 Å². The quantitative estimate of drug-likeness (QED) is 0.437. The molecular weight excluding hydrogens is 111 g/mol. The number of hydrogen-bond donors (Lipinski definition) is 1. The third-order valence-electron chi connectivity index (χ3n) is 0.562. The second-order valence-corrected chi connectivity index (χ2v) is 1.92. The first kappa shape index (κ1) is 7.35. The van der Waals surface area contributed by atoms with E-state index in [9.17, 15) is 0 Å². The fourth-order valence-electron chi connectivity index (χ4n) is 0.262. The first-order valence-electron chi connectivity index (χ1n) is 2.36. The zero-order valence-electron chi connectivity index (χ0n) is 4.48. The molecule has 1 N–H and O–H groups in total. The van der Waals surface area contributed by atoms with E-state index >= 15 is 0 Å². The van der Waals surface area contributed by atoms with Crippen molar-refractivity contribution >= 4 is 8.81 Å². The molecule has 0 aromatic heterocycles. The van der Waals surface area contributed by atoms with E-state index in [2.05, 4.69) is 0 Å². The Hall–Kier alpha value is 0.350. The van der Waals surface area contributed by atoms with Crippen LogP contribution in [0.15, 0.2) is 0 Å². The Balaban J connectivity index is 2.45. The van der Waals surface area contributed by atoms with Gasteiger partial charge < -0.3 is 9.63 Å². The van der Waals surface area contributed by atoms with Crippen LogP contribution in [-0.2, 0) is 4.74 Å².